The lowest BCUT2D eigenvalue weighted by Gasteiger charge is -2.26. The van der Waals surface area contributed by atoms with Crippen LogP contribution in [0.5, 0.6) is 0 Å². The first kappa shape index (κ1) is 13.6. The van der Waals surface area contributed by atoms with Crippen molar-refractivity contribution in [3.05, 3.63) is 34.9 Å². The van der Waals surface area contributed by atoms with Crippen LogP contribution in [0.1, 0.15) is 56.2 Å². The Labute approximate surface area is 112 Å². The van der Waals surface area contributed by atoms with Gasteiger partial charge in [0.25, 0.3) is 0 Å². The average Bonchev–Trinajstić information content (AvgIpc) is 2.73. The Hall–Kier alpha value is -0.820. The highest BCUT2D eigenvalue weighted by molar-refractivity contribution is 5.35. The zero-order valence-corrected chi connectivity index (χ0v) is 12.3. The van der Waals surface area contributed by atoms with Crippen molar-refractivity contribution in [2.24, 2.45) is 0 Å². The van der Waals surface area contributed by atoms with E-state index in [0.717, 1.165) is 12.6 Å². The molecule has 1 aromatic rings. The molecule has 2 unspecified atom stereocenters. The van der Waals surface area contributed by atoms with Crippen molar-refractivity contribution in [2.75, 3.05) is 6.54 Å². The minimum Gasteiger partial charge on any atom is -0.314 e. The monoisotopic (exact) mass is 245 g/mol. The van der Waals surface area contributed by atoms with Crippen LogP contribution in [0.4, 0.5) is 0 Å². The molecule has 2 rings (SSSR count). The fraction of sp³-hybridized carbons (Fsp3) is 0.647. The van der Waals surface area contributed by atoms with Gasteiger partial charge in [-0.2, -0.15) is 0 Å². The summed E-state index contributed by atoms with van der Waals surface area (Å²) in [6.45, 7) is 10.3. The second-order valence-corrected chi connectivity index (χ2v) is 6.25. The quantitative estimate of drug-likeness (QED) is 0.841. The molecule has 0 amide bonds. The largest absolute Gasteiger partial charge is 0.314 e. The smallest absolute Gasteiger partial charge is 0.00757 e. The maximum atomic E-state index is 3.68. The number of rotatable bonds is 4. The third-order valence-corrected chi connectivity index (χ3v) is 4.63. The van der Waals surface area contributed by atoms with E-state index in [9.17, 15) is 0 Å². The molecule has 0 spiro atoms. The average molecular weight is 245 g/mol. The second kappa shape index (κ2) is 5.44. The van der Waals surface area contributed by atoms with Crippen LogP contribution in [0.15, 0.2) is 18.2 Å². The molecule has 0 bridgehead atoms. The zero-order valence-electron chi connectivity index (χ0n) is 12.3. The molecule has 1 nitrogen and oxygen atoms in total. The molecule has 1 saturated carbocycles. The van der Waals surface area contributed by atoms with Crippen LogP contribution in [0, 0.1) is 13.8 Å². The lowest BCUT2D eigenvalue weighted by Crippen LogP contribution is -2.29. The molecule has 1 aliphatic carbocycles. The minimum atomic E-state index is 0.379. The molecule has 1 fully saturated rings. The van der Waals surface area contributed by atoms with Gasteiger partial charge in [0.1, 0.15) is 0 Å². The van der Waals surface area contributed by atoms with Gasteiger partial charge in [0.15, 0.2) is 0 Å². The second-order valence-electron chi connectivity index (χ2n) is 6.25. The summed E-state index contributed by atoms with van der Waals surface area (Å²) in [5.74, 6) is 0. The van der Waals surface area contributed by atoms with E-state index < -0.39 is 0 Å². The molecule has 0 radical (unpaired) electrons. The number of benzene rings is 1. The predicted molar refractivity (Wildman–Crippen MR) is 79.2 cm³/mol. The van der Waals surface area contributed by atoms with E-state index in [1.165, 1.54) is 42.4 Å². The van der Waals surface area contributed by atoms with Crippen LogP contribution in [0.3, 0.4) is 0 Å². The first-order valence-corrected chi connectivity index (χ1v) is 7.36. The van der Waals surface area contributed by atoms with E-state index in [4.69, 9.17) is 0 Å². The highest BCUT2D eigenvalue weighted by Crippen LogP contribution is 2.41. The molecule has 0 saturated heterocycles. The van der Waals surface area contributed by atoms with Crippen LogP contribution in [0.2, 0.25) is 0 Å². The summed E-state index contributed by atoms with van der Waals surface area (Å²) < 4.78 is 0. The summed E-state index contributed by atoms with van der Waals surface area (Å²) in [5, 5.41) is 3.68. The third-order valence-electron chi connectivity index (χ3n) is 4.63. The molecule has 100 valence electrons. The van der Waals surface area contributed by atoms with Gasteiger partial charge in [0.2, 0.25) is 0 Å². The van der Waals surface area contributed by atoms with Crippen molar-refractivity contribution in [3.8, 4) is 0 Å². The van der Waals surface area contributed by atoms with Gasteiger partial charge in [-0.25, -0.2) is 0 Å². The van der Waals surface area contributed by atoms with Gasteiger partial charge in [-0.3, -0.25) is 0 Å². The normalized spacial score (nSPS) is 27.7. The highest BCUT2D eigenvalue weighted by atomic mass is 14.9. The molecule has 0 heterocycles. The summed E-state index contributed by atoms with van der Waals surface area (Å²) >= 11 is 0. The van der Waals surface area contributed by atoms with Crippen molar-refractivity contribution in [3.63, 3.8) is 0 Å². The van der Waals surface area contributed by atoms with Gasteiger partial charge in [0, 0.05) is 6.04 Å². The van der Waals surface area contributed by atoms with E-state index in [1.54, 1.807) is 0 Å². The molecule has 1 heteroatoms. The number of aryl methyl sites for hydroxylation is 2. The van der Waals surface area contributed by atoms with Crippen molar-refractivity contribution in [2.45, 2.75) is 64.8 Å². The molecule has 2 atom stereocenters. The maximum Gasteiger partial charge on any atom is 0.00757 e. The van der Waals surface area contributed by atoms with Crippen LogP contribution < -0.4 is 5.32 Å². The summed E-state index contributed by atoms with van der Waals surface area (Å²) in [6.07, 6.45) is 5.16. The van der Waals surface area contributed by atoms with E-state index in [1.807, 2.05) is 0 Å². The third kappa shape index (κ3) is 2.77. The summed E-state index contributed by atoms with van der Waals surface area (Å²) in [7, 11) is 0. The Morgan fingerprint density at radius 2 is 2.06 bits per heavy atom. The molecule has 0 aliphatic heterocycles. The van der Waals surface area contributed by atoms with Gasteiger partial charge < -0.3 is 5.32 Å². The number of nitrogens with one attached hydrogen (secondary N) is 1. The number of hydrogen-bond acceptors (Lipinski definition) is 1. The first-order chi connectivity index (χ1) is 8.55. The van der Waals surface area contributed by atoms with Crippen molar-refractivity contribution < 1.29 is 0 Å². The number of hydrogen-bond donors (Lipinski definition) is 1. The molecule has 18 heavy (non-hydrogen) atoms. The summed E-state index contributed by atoms with van der Waals surface area (Å²) in [6, 6.07) is 7.74. The lowest BCUT2D eigenvalue weighted by atomic mass is 9.80. The molecular weight excluding hydrogens is 218 g/mol. The molecule has 1 aliphatic rings. The van der Waals surface area contributed by atoms with Crippen molar-refractivity contribution >= 4 is 0 Å². The minimum absolute atomic E-state index is 0.379. The van der Waals surface area contributed by atoms with E-state index >= 15 is 0 Å². The molecule has 0 aromatic heterocycles. The lowest BCUT2D eigenvalue weighted by molar-refractivity contribution is 0.452. The van der Waals surface area contributed by atoms with Gasteiger partial charge in [-0.05, 0) is 68.2 Å². The Bertz CT molecular complexity index is 410. The predicted octanol–water partition coefficient (Wildman–Crippen LogP) is 4.11. The maximum absolute atomic E-state index is 3.68. The SMILES string of the molecule is CCCNC1CCC(C)(c2ccc(C)c(C)c2)C1. The van der Waals surface area contributed by atoms with Crippen LogP contribution in [-0.4, -0.2) is 12.6 Å². The fourth-order valence-electron chi connectivity index (χ4n) is 3.14. The van der Waals surface area contributed by atoms with Crippen molar-refractivity contribution in [1.29, 1.82) is 0 Å². The fourth-order valence-corrected chi connectivity index (χ4v) is 3.14. The molecule has 1 N–H and O–H groups in total. The summed E-state index contributed by atoms with van der Waals surface area (Å²) in [5.41, 5.74) is 4.75. The standard InChI is InChI=1S/C17H27N/c1-5-10-18-16-8-9-17(4,12-16)15-7-6-13(2)14(3)11-15/h6-7,11,16,18H,5,8-10,12H2,1-4H3. The zero-order chi connectivity index (χ0) is 13.2. The van der Waals surface area contributed by atoms with E-state index in [-0.39, 0.29) is 0 Å². The topological polar surface area (TPSA) is 12.0 Å². The highest BCUT2D eigenvalue weighted by Gasteiger charge is 2.36. The Morgan fingerprint density at radius 3 is 2.72 bits per heavy atom. The summed E-state index contributed by atoms with van der Waals surface area (Å²) in [4.78, 5) is 0. The van der Waals surface area contributed by atoms with Crippen LogP contribution in [0.25, 0.3) is 0 Å². The Morgan fingerprint density at radius 1 is 1.28 bits per heavy atom. The van der Waals surface area contributed by atoms with Gasteiger partial charge in [-0.1, -0.05) is 32.0 Å². The molecular formula is C17H27N. The molecule has 1 aromatic carbocycles. The van der Waals surface area contributed by atoms with Gasteiger partial charge in [0.05, 0.1) is 0 Å². The first-order valence-electron chi connectivity index (χ1n) is 7.36. The Balaban J connectivity index is 2.10. The van der Waals surface area contributed by atoms with Crippen molar-refractivity contribution in [1.82, 2.24) is 5.32 Å². The van der Waals surface area contributed by atoms with Crippen LogP contribution >= 0.6 is 0 Å². The Kier molecular flexibility index (Phi) is 4.11. The van der Waals surface area contributed by atoms with Gasteiger partial charge in [-0.15, -0.1) is 0 Å². The van der Waals surface area contributed by atoms with Crippen LogP contribution in [-0.2, 0) is 5.41 Å². The van der Waals surface area contributed by atoms with E-state index in [2.05, 4.69) is 51.2 Å². The van der Waals surface area contributed by atoms with E-state index in [0.29, 0.717) is 5.41 Å². The van der Waals surface area contributed by atoms with Gasteiger partial charge >= 0.3 is 0 Å².